The van der Waals surface area contributed by atoms with Crippen molar-refractivity contribution in [3.05, 3.63) is 46.6 Å². The Morgan fingerprint density at radius 1 is 0.900 bits per heavy atom. The van der Waals surface area contributed by atoms with Gasteiger partial charge in [-0.15, -0.1) is 26.7 Å². The minimum absolute atomic E-state index is 0. The Bertz CT molecular complexity index is 289. The predicted molar refractivity (Wildman–Crippen MR) is 80.6 cm³/mol. The van der Waals surface area contributed by atoms with Crippen molar-refractivity contribution in [2.45, 2.75) is 53.5 Å². The van der Waals surface area contributed by atoms with Crippen LogP contribution in [0.2, 0.25) is 6.04 Å². The summed E-state index contributed by atoms with van der Waals surface area (Å²) in [6, 6.07) is 1.28. The van der Waals surface area contributed by atoms with Crippen LogP contribution in [0.4, 0.5) is 0 Å². The molecule has 20 heavy (non-hydrogen) atoms. The van der Waals surface area contributed by atoms with Gasteiger partial charge < -0.3 is 24.8 Å². The molecule has 0 amide bonds. The zero-order valence-electron chi connectivity index (χ0n) is 13.2. The summed E-state index contributed by atoms with van der Waals surface area (Å²) in [5.41, 5.74) is 5.42. The van der Waals surface area contributed by atoms with E-state index in [1.807, 2.05) is 10.2 Å². The van der Waals surface area contributed by atoms with Crippen LogP contribution in [0.25, 0.3) is 0 Å². The Hall–Kier alpha value is 0.640. The van der Waals surface area contributed by atoms with Gasteiger partial charge in [-0.25, -0.2) is 22.3 Å². The molecule has 2 rings (SSSR count). The molecule has 0 aromatic carbocycles. The molecule has 0 spiro atoms. The van der Waals surface area contributed by atoms with E-state index in [1.54, 1.807) is 0 Å². The van der Waals surface area contributed by atoms with Gasteiger partial charge >= 0.3 is 26.2 Å². The Balaban J connectivity index is -0.0000000956. The van der Waals surface area contributed by atoms with Gasteiger partial charge in [0.1, 0.15) is 0 Å². The van der Waals surface area contributed by atoms with E-state index in [-0.39, 0.29) is 51.0 Å². The summed E-state index contributed by atoms with van der Waals surface area (Å²) >= 11 is 0. The van der Waals surface area contributed by atoms with Crippen LogP contribution in [0, 0.1) is 12.2 Å². The smallest absolute Gasteiger partial charge is 1.00 e. The molecule has 2 aliphatic carbocycles. The average Bonchev–Trinajstić information content (AvgIpc) is 2.81. The molecule has 1 radical (unpaired) electrons. The van der Waals surface area contributed by atoms with Crippen LogP contribution >= 0.6 is 0 Å². The maximum atomic E-state index is 3.19. The Labute approximate surface area is 160 Å². The maximum absolute atomic E-state index is 3.19. The Kier molecular flexibility index (Phi) is 25.4. The van der Waals surface area contributed by atoms with Crippen LogP contribution in [0.1, 0.15) is 47.5 Å². The van der Waals surface area contributed by atoms with Crippen LogP contribution in [-0.4, -0.2) is 10.2 Å². The van der Waals surface area contributed by atoms with E-state index >= 15 is 0 Å². The van der Waals surface area contributed by atoms with Crippen LogP contribution in [0.5, 0.6) is 0 Å². The SMILES string of the molecule is CC1=[C-]CC=C1C.CC1=[C-]CC=C1C.CC[SiH2].[Cl-].[Cl-].[Zr+4]. The molecule has 0 aliphatic heterocycles. The number of halogens is 2. The predicted octanol–water partition coefficient (Wildman–Crippen LogP) is -1.77. The molecule has 0 aromatic heterocycles. The maximum Gasteiger partial charge on any atom is 4.00 e. The van der Waals surface area contributed by atoms with Crippen molar-refractivity contribution in [3.63, 3.8) is 0 Å². The van der Waals surface area contributed by atoms with E-state index in [2.05, 4.69) is 58.9 Å². The molecular weight excluding hydrogens is 382 g/mol. The molecule has 2 aliphatic rings. The normalized spacial score (nSPS) is 14.3. The summed E-state index contributed by atoms with van der Waals surface area (Å²) in [5, 5.41) is 0. The number of hydrogen-bond donors (Lipinski definition) is 0. The van der Waals surface area contributed by atoms with Crippen LogP contribution in [0.15, 0.2) is 34.4 Å². The van der Waals surface area contributed by atoms with Gasteiger partial charge in [-0.1, -0.05) is 26.8 Å². The first kappa shape index (κ1) is 28.8. The van der Waals surface area contributed by atoms with Crippen molar-refractivity contribution in [1.82, 2.24) is 0 Å². The number of rotatable bonds is 0. The molecule has 4 heteroatoms. The van der Waals surface area contributed by atoms with Gasteiger partial charge in [0.25, 0.3) is 0 Å². The van der Waals surface area contributed by atoms with Gasteiger partial charge in [-0.2, -0.15) is 12.2 Å². The van der Waals surface area contributed by atoms with Crippen molar-refractivity contribution >= 4 is 10.2 Å². The summed E-state index contributed by atoms with van der Waals surface area (Å²) in [7, 11) is 1.97. The van der Waals surface area contributed by atoms with Gasteiger partial charge in [-0.3, -0.25) is 12.2 Å². The molecule has 0 heterocycles. The van der Waals surface area contributed by atoms with Crippen molar-refractivity contribution in [2.75, 3.05) is 0 Å². The topological polar surface area (TPSA) is 0 Å². The molecular formula is C16H25Cl2SiZr. The van der Waals surface area contributed by atoms with Crippen LogP contribution in [0.3, 0.4) is 0 Å². The monoisotopic (exact) mass is 405 g/mol. The van der Waals surface area contributed by atoms with E-state index in [1.165, 1.54) is 28.3 Å². The zero-order valence-corrected chi connectivity index (χ0v) is 18.6. The molecule has 0 unspecified atom stereocenters. The van der Waals surface area contributed by atoms with Gasteiger partial charge in [0.05, 0.1) is 0 Å². The molecule has 111 valence electrons. The van der Waals surface area contributed by atoms with E-state index in [0.29, 0.717) is 0 Å². The first-order valence-corrected chi connectivity index (χ1v) is 7.31. The summed E-state index contributed by atoms with van der Waals surface area (Å²) < 4.78 is 0. The van der Waals surface area contributed by atoms with Crippen molar-refractivity contribution in [1.29, 1.82) is 0 Å². The standard InChI is InChI=1S/2C7H9.C2H7Si.2ClH.Zr/c2*1-6-4-3-5-7(6)2;1-2-3;;;/h2*4H,3H2,1-2H3;2-3H2,1H3;2*1H;/q2*-1;;;;+4/p-2. The molecule has 0 saturated carbocycles. The molecule has 0 bridgehead atoms. The summed E-state index contributed by atoms with van der Waals surface area (Å²) in [6.07, 6.45) is 12.8. The fraction of sp³-hybridized carbons (Fsp3) is 0.500. The Morgan fingerprint density at radius 3 is 1.20 bits per heavy atom. The first-order valence-electron chi connectivity index (χ1n) is 6.31. The van der Waals surface area contributed by atoms with Gasteiger partial charge in [0, 0.05) is 10.2 Å². The van der Waals surface area contributed by atoms with Crippen LogP contribution < -0.4 is 24.8 Å². The molecule has 0 aromatic rings. The molecule has 0 fully saturated rings. The fourth-order valence-corrected chi connectivity index (χ4v) is 1.30. The number of allylic oxidation sites excluding steroid dienone is 8. The van der Waals surface area contributed by atoms with Gasteiger partial charge in [-0.05, 0) is 0 Å². The van der Waals surface area contributed by atoms with E-state index in [4.69, 9.17) is 0 Å². The third kappa shape index (κ3) is 13.6. The average molecular weight is 408 g/mol. The van der Waals surface area contributed by atoms with Crippen molar-refractivity contribution in [3.8, 4) is 0 Å². The van der Waals surface area contributed by atoms with E-state index < -0.39 is 0 Å². The zero-order chi connectivity index (χ0) is 13.3. The second-order valence-electron chi connectivity index (χ2n) is 4.29. The van der Waals surface area contributed by atoms with Gasteiger partial charge in [0.2, 0.25) is 0 Å². The third-order valence-electron chi connectivity index (χ3n) is 2.73. The quantitative estimate of drug-likeness (QED) is 0.330. The second-order valence-corrected chi connectivity index (χ2v) is 5.29. The summed E-state index contributed by atoms with van der Waals surface area (Å²) in [6.45, 7) is 10.6. The first-order chi connectivity index (χ1) is 8.02. The molecule has 0 atom stereocenters. The van der Waals surface area contributed by atoms with E-state index in [9.17, 15) is 0 Å². The van der Waals surface area contributed by atoms with Crippen molar-refractivity contribution < 1.29 is 51.0 Å². The third-order valence-corrected chi connectivity index (χ3v) is 2.73. The second kappa shape index (κ2) is 17.7. The minimum Gasteiger partial charge on any atom is -1.00 e. The fourth-order valence-electron chi connectivity index (χ4n) is 1.30. The summed E-state index contributed by atoms with van der Waals surface area (Å²) in [5.74, 6) is 0. The number of hydrogen-bond acceptors (Lipinski definition) is 0. The largest absolute Gasteiger partial charge is 4.00 e. The molecule has 0 N–H and O–H groups in total. The minimum atomic E-state index is 0. The summed E-state index contributed by atoms with van der Waals surface area (Å²) in [4.78, 5) is 0. The Morgan fingerprint density at radius 2 is 1.15 bits per heavy atom. The molecule has 0 saturated heterocycles. The van der Waals surface area contributed by atoms with Crippen LogP contribution in [-0.2, 0) is 26.2 Å². The van der Waals surface area contributed by atoms with E-state index in [0.717, 1.165) is 12.8 Å². The molecule has 0 nitrogen and oxygen atoms in total. The van der Waals surface area contributed by atoms with Gasteiger partial charge in [0.15, 0.2) is 0 Å². The van der Waals surface area contributed by atoms with Crippen molar-refractivity contribution in [2.24, 2.45) is 0 Å².